The molecule has 0 unspecified atom stereocenters. The van der Waals surface area contributed by atoms with Crippen molar-refractivity contribution < 1.29 is 25.9 Å². The zero-order valence-corrected chi connectivity index (χ0v) is 21.9. The number of nitrogens with zero attached hydrogens (tertiary/aromatic N) is 2. The Hall–Kier alpha value is -4.10. The molecule has 0 saturated heterocycles. The van der Waals surface area contributed by atoms with Crippen LogP contribution in [0.15, 0.2) is 113 Å². The van der Waals surface area contributed by atoms with E-state index in [-0.39, 0.29) is 9.10 Å². The summed E-state index contributed by atoms with van der Waals surface area (Å²) in [6.07, 6.45) is 6.70. The van der Waals surface area contributed by atoms with Crippen molar-refractivity contribution in [2.24, 2.45) is 0 Å². The van der Waals surface area contributed by atoms with Crippen molar-refractivity contribution in [3.8, 4) is 10.6 Å². The third kappa shape index (κ3) is 5.43. The molecule has 0 atom stereocenters. The van der Waals surface area contributed by atoms with Gasteiger partial charge in [0.1, 0.15) is 4.21 Å². The summed E-state index contributed by atoms with van der Waals surface area (Å²) in [6, 6.07) is 21.8. The lowest BCUT2D eigenvalue weighted by atomic mass is 10.1. The minimum Gasteiger partial charge on any atom is -0.268 e. The van der Waals surface area contributed by atoms with Crippen LogP contribution in [0.1, 0.15) is 5.56 Å². The number of thiophene rings is 1. The van der Waals surface area contributed by atoms with Gasteiger partial charge >= 0.3 is 10.1 Å². The maximum absolute atomic E-state index is 13.0. The Labute approximate surface area is 222 Å². The summed E-state index contributed by atoms with van der Waals surface area (Å²) in [6.45, 7) is 0. The number of amides is 1. The second kappa shape index (κ2) is 10.3. The number of fused-ring (bicyclic) bond motifs is 1. The molecule has 0 bridgehead atoms. The smallest absolute Gasteiger partial charge is 0.268 e. The van der Waals surface area contributed by atoms with E-state index in [1.54, 1.807) is 42.6 Å². The van der Waals surface area contributed by atoms with Gasteiger partial charge in [-0.2, -0.15) is 16.8 Å². The molecule has 2 aromatic carbocycles. The van der Waals surface area contributed by atoms with E-state index in [1.807, 2.05) is 23.7 Å². The second-order valence-corrected chi connectivity index (χ2v) is 12.7. The van der Waals surface area contributed by atoms with Gasteiger partial charge in [-0.1, -0.05) is 36.4 Å². The predicted molar refractivity (Wildman–Crippen MR) is 144 cm³/mol. The van der Waals surface area contributed by atoms with Gasteiger partial charge in [0.05, 0.1) is 15.5 Å². The molecule has 5 rings (SSSR count). The van der Waals surface area contributed by atoms with E-state index in [4.69, 9.17) is 0 Å². The highest BCUT2D eigenvalue weighted by molar-refractivity contribution is 7.92. The molecule has 0 radical (unpaired) electrons. The van der Waals surface area contributed by atoms with Crippen LogP contribution in [-0.2, 0) is 29.2 Å². The van der Waals surface area contributed by atoms with Gasteiger partial charge in [0, 0.05) is 24.7 Å². The number of carbonyl (C=O) groups is 1. The van der Waals surface area contributed by atoms with Crippen LogP contribution < -0.4 is 5.48 Å². The second-order valence-electron chi connectivity index (χ2n) is 7.96. The van der Waals surface area contributed by atoms with Crippen LogP contribution >= 0.6 is 11.3 Å². The maximum atomic E-state index is 13.0. The summed E-state index contributed by atoms with van der Waals surface area (Å²) in [5.74, 6) is -0.844. The molecule has 5 aromatic rings. The van der Waals surface area contributed by atoms with Gasteiger partial charge in [0.15, 0.2) is 0 Å². The Kier molecular flexibility index (Phi) is 6.95. The van der Waals surface area contributed by atoms with Crippen LogP contribution in [0.25, 0.3) is 27.4 Å². The topological polar surface area (TPSA) is 124 Å². The molecular formula is C26H19N3O6S3. The highest BCUT2D eigenvalue weighted by Gasteiger charge is 2.20. The van der Waals surface area contributed by atoms with Crippen LogP contribution in [0, 0.1) is 0 Å². The summed E-state index contributed by atoms with van der Waals surface area (Å²) < 4.78 is 56.8. The highest BCUT2D eigenvalue weighted by Crippen LogP contribution is 2.30. The molecule has 0 fully saturated rings. The number of hydroxylamine groups is 1. The maximum Gasteiger partial charge on any atom is 0.317 e. The monoisotopic (exact) mass is 565 g/mol. The Morgan fingerprint density at radius 3 is 2.50 bits per heavy atom. The van der Waals surface area contributed by atoms with E-state index >= 15 is 0 Å². The summed E-state index contributed by atoms with van der Waals surface area (Å²) in [5.41, 5.74) is 2.96. The van der Waals surface area contributed by atoms with E-state index in [1.165, 1.54) is 42.7 Å². The number of pyridine rings is 1. The molecule has 1 amide bonds. The van der Waals surface area contributed by atoms with Crippen molar-refractivity contribution in [2.45, 2.75) is 9.10 Å². The van der Waals surface area contributed by atoms with Gasteiger partial charge in [-0.3, -0.25) is 9.78 Å². The minimum absolute atomic E-state index is 0.109. The van der Waals surface area contributed by atoms with Crippen LogP contribution in [0.3, 0.4) is 0 Å². The van der Waals surface area contributed by atoms with Gasteiger partial charge in [-0.25, -0.2) is 9.45 Å². The molecule has 0 aliphatic carbocycles. The fourth-order valence-corrected chi connectivity index (χ4v) is 6.91. The molecule has 3 heterocycles. The number of aromatic nitrogens is 2. The summed E-state index contributed by atoms with van der Waals surface area (Å²) in [7, 11) is -8.10. The molecule has 9 nitrogen and oxygen atoms in total. The predicted octanol–water partition coefficient (Wildman–Crippen LogP) is 4.45. The quantitative estimate of drug-likeness (QED) is 0.218. The zero-order valence-electron chi connectivity index (χ0n) is 19.5. The van der Waals surface area contributed by atoms with Gasteiger partial charge in [-0.15, -0.1) is 15.6 Å². The fraction of sp³-hybridized carbons (Fsp3) is 0. The third-order valence-electron chi connectivity index (χ3n) is 5.41. The molecule has 0 spiro atoms. The molecule has 3 aromatic heterocycles. The number of nitrogens with one attached hydrogen (secondary N) is 1. The molecule has 0 aliphatic rings. The van der Waals surface area contributed by atoms with Gasteiger partial charge in [0.2, 0.25) is 0 Å². The zero-order chi connectivity index (χ0) is 26.8. The Bertz CT molecular complexity index is 1880. The lowest BCUT2D eigenvalue weighted by molar-refractivity contribution is -0.122. The van der Waals surface area contributed by atoms with Crippen LogP contribution in [-0.4, -0.2) is 31.7 Å². The van der Waals surface area contributed by atoms with Gasteiger partial charge < -0.3 is 0 Å². The molecule has 1 N–H and O–H groups in total. The number of benzene rings is 2. The molecule has 0 saturated carbocycles. The van der Waals surface area contributed by atoms with Crippen molar-refractivity contribution >= 4 is 54.2 Å². The first kappa shape index (κ1) is 25.5. The number of carbonyl (C=O) groups excluding carboxylic acids is 1. The molecule has 192 valence electrons. The Morgan fingerprint density at radius 1 is 0.921 bits per heavy atom. The molecule has 12 heteroatoms. The third-order valence-corrected chi connectivity index (χ3v) is 9.75. The first-order chi connectivity index (χ1) is 18.2. The SMILES string of the molecule is O=C(/C=C/c1ccn(S(=O)(=O)c2ccc(-c3ccccn3)s2)c1)NOS(=O)(=O)c1ccc2ccccc2c1. The standard InChI is InChI=1S/C26H19N3O6S3/c30-25(28-35-38(33,34)22-10-9-20-5-1-2-6-21(20)17-22)12-8-19-14-16-29(18-19)37(31,32)26-13-11-24(36-26)23-7-3-4-15-27-23/h1-18H,(H,28,30)/b12-8+. The number of rotatable bonds is 8. The van der Waals surface area contributed by atoms with Crippen molar-refractivity contribution in [1.29, 1.82) is 0 Å². The number of hydrogen-bond donors (Lipinski definition) is 1. The average Bonchev–Trinajstić information content (AvgIpc) is 3.62. The normalized spacial score (nSPS) is 12.2. The lowest BCUT2D eigenvalue weighted by Gasteiger charge is -2.06. The first-order valence-electron chi connectivity index (χ1n) is 11.1. The Morgan fingerprint density at radius 2 is 1.71 bits per heavy atom. The van der Waals surface area contributed by atoms with Crippen molar-refractivity contribution in [3.63, 3.8) is 0 Å². The van der Waals surface area contributed by atoms with E-state index in [2.05, 4.69) is 9.27 Å². The van der Waals surface area contributed by atoms with E-state index in [0.29, 0.717) is 21.5 Å². The van der Waals surface area contributed by atoms with Crippen molar-refractivity contribution in [1.82, 2.24) is 14.4 Å². The van der Waals surface area contributed by atoms with Crippen LogP contribution in [0.4, 0.5) is 0 Å². The largest absolute Gasteiger partial charge is 0.317 e. The van der Waals surface area contributed by atoms with Crippen LogP contribution in [0.5, 0.6) is 0 Å². The van der Waals surface area contributed by atoms with Crippen molar-refractivity contribution in [3.05, 3.63) is 109 Å². The Balaban J connectivity index is 1.23. The average molecular weight is 566 g/mol. The highest BCUT2D eigenvalue weighted by atomic mass is 32.2. The van der Waals surface area contributed by atoms with E-state index in [0.717, 1.165) is 26.8 Å². The summed E-state index contributed by atoms with van der Waals surface area (Å²) in [4.78, 5) is 17.0. The van der Waals surface area contributed by atoms with Crippen molar-refractivity contribution in [2.75, 3.05) is 0 Å². The van der Waals surface area contributed by atoms with Gasteiger partial charge in [0.25, 0.3) is 15.9 Å². The first-order valence-corrected chi connectivity index (χ1v) is 14.7. The summed E-state index contributed by atoms with van der Waals surface area (Å²) in [5, 5.41) is 1.57. The lowest BCUT2D eigenvalue weighted by Crippen LogP contribution is -2.25. The molecular weight excluding hydrogens is 547 g/mol. The van der Waals surface area contributed by atoms with Crippen LogP contribution in [0.2, 0.25) is 0 Å². The van der Waals surface area contributed by atoms with Gasteiger partial charge in [-0.05, 0) is 64.9 Å². The molecule has 38 heavy (non-hydrogen) atoms. The van der Waals surface area contributed by atoms with E-state index < -0.39 is 26.0 Å². The minimum atomic E-state index is -4.25. The van der Waals surface area contributed by atoms with E-state index in [9.17, 15) is 21.6 Å². The summed E-state index contributed by atoms with van der Waals surface area (Å²) >= 11 is 1.10. The number of hydrogen-bond acceptors (Lipinski definition) is 8. The fourth-order valence-electron chi connectivity index (χ4n) is 3.52. The molecule has 0 aliphatic heterocycles.